The van der Waals surface area contributed by atoms with Crippen LogP contribution in [0, 0.1) is 0 Å². The van der Waals surface area contributed by atoms with Crippen LogP contribution >= 0.6 is 0 Å². The molecule has 1 aliphatic rings. The average molecular weight is 811 g/mol. The predicted molar refractivity (Wildman–Crippen MR) is 201 cm³/mol. The molecule has 6 aromatic heterocycles. The largest absolute Gasteiger partial charge is 0.450 e. The van der Waals surface area contributed by atoms with E-state index in [2.05, 4.69) is 29.9 Å². The Balaban J connectivity index is 1.43. The van der Waals surface area contributed by atoms with Crippen molar-refractivity contribution >= 4 is 35.8 Å². The van der Waals surface area contributed by atoms with Gasteiger partial charge in [0.1, 0.15) is 0 Å². The van der Waals surface area contributed by atoms with Gasteiger partial charge in [0.25, 0.3) is 0 Å². The first kappa shape index (κ1) is 39.9. The Morgan fingerprint density at radius 2 is 0.500 bits per heavy atom. The maximum atomic E-state index is 14.0. The van der Waals surface area contributed by atoms with Gasteiger partial charge < -0.3 is 28.4 Å². The quantitative estimate of drug-likeness (QED) is 0.126. The van der Waals surface area contributed by atoms with E-state index in [1.54, 1.807) is 0 Å². The van der Waals surface area contributed by atoms with Crippen molar-refractivity contribution in [1.29, 1.82) is 0 Å². The molecule has 7 rings (SSSR count). The van der Waals surface area contributed by atoms with Gasteiger partial charge in [-0.15, -0.1) is 0 Å². The van der Waals surface area contributed by atoms with Crippen LogP contribution in [0.3, 0.4) is 0 Å². The molecule has 0 N–H and O–H groups in total. The fourth-order valence-corrected chi connectivity index (χ4v) is 5.98. The van der Waals surface area contributed by atoms with Gasteiger partial charge in [0.15, 0.2) is 36.6 Å². The first-order chi connectivity index (χ1) is 29.3. The lowest BCUT2D eigenvalue weighted by Crippen LogP contribution is -2.69. The lowest BCUT2D eigenvalue weighted by atomic mass is 9.83. The summed E-state index contributed by atoms with van der Waals surface area (Å²) in [5, 5.41) is 0. The van der Waals surface area contributed by atoms with Gasteiger partial charge in [0.05, 0.1) is 33.4 Å². The van der Waals surface area contributed by atoms with E-state index in [4.69, 9.17) is 28.4 Å². The number of ether oxygens (including phenoxy) is 6. The molecule has 0 amide bonds. The third-order valence-electron chi connectivity index (χ3n) is 8.80. The molecule has 18 heteroatoms. The summed E-state index contributed by atoms with van der Waals surface area (Å²) < 4.78 is 36.2. The summed E-state index contributed by atoms with van der Waals surface area (Å²) in [4.78, 5) is 108. The topological polar surface area (TPSA) is 235 Å². The highest BCUT2D eigenvalue weighted by Crippen LogP contribution is 2.37. The van der Waals surface area contributed by atoms with Crippen LogP contribution in [0.15, 0.2) is 147 Å². The maximum Gasteiger partial charge on any atom is 0.340 e. The minimum atomic E-state index is -1.99. The standard InChI is InChI=1S/C42H30N6O12/c49-37(25-11-18-43-19-12-25)55-31-32(56-38(50)26-6-1-13-44-20-26)34(58-40(52)28-8-3-15-46-22-28)36(60-42(54)30-10-5-17-48-24-30)35(59-41(53)29-9-4-16-47-23-29)33(31)57-39(51)27-7-2-14-45-21-27/h1-24,31-36H. The second-order valence-electron chi connectivity index (χ2n) is 12.7. The number of esters is 6. The smallest absolute Gasteiger partial charge is 0.340 e. The van der Waals surface area contributed by atoms with Gasteiger partial charge in [0.2, 0.25) is 0 Å². The normalized spacial score (nSPS) is 19.4. The predicted octanol–water partition coefficient (Wildman–Crippen LogP) is 3.72. The Morgan fingerprint density at radius 1 is 0.283 bits per heavy atom. The summed E-state index contributed by atoms with van der Waals surface area (Å²) in [7, 11) is 0. The monoisotopic (exact) mass is 810 g/mol. The number of nitrogens with zero attached hydrogens (tertiary/aromatic N) is 6. The minimum Gasteiger partial charge on any atom is -0.450 e. The van der Waals surface area contributed by atoms with Gasteiger partial charge in [-0.2, -0.15) is 0 Å². The number of carbonyl (C=O) groups excluding carboxylic acids is 6. The van der Waals surface area contributed by atoms with Crippen LogP contribution in [-0.2, 0) is 28.4 Å². The van der Waals surface area contributed by atoms with E-state index in [9.17, 15) is 28.8 Å². The van der Waals surface area contributed by atoms with Gasteiger partial charge >= 0.3 is 35.8 Å². The van der Waals surface area contributed by atoms with E-state index >= 15 is 0 Å². The SMILES string of the molecule is O=C(OC1C(OC(=O)c2cccnc2)C(OC(=O)c2cccnc2)C(OC(=O)c2cccnc2)C(OC(=O)c2cccnc2)C1OC(=O)c1cccnc1)c1ccncc1. The zero-order chi connectivity index (χ0) is 41.8. The van der Waals surface area contributed by atoms with Crippen LogP contribution in [0.2, 0.25) is 0 Å². The molecule has 60 heavy (non-hydrogen) atoms. The molecule has 6 aromatic rings. The highest BCUT2D eigenvalue weighted by Gasteiger charge is 2.61. The average Bonchev–Trinajstić information content (AvgIpc) is 3.31. The third-order valence-corrected chi connectivity index (χ3v) is 8.80. The molecule has 0 saturated heterocycles. The number of hydrogen-bond donors (Lipinski definition) is 0. The van der Waals surface area contributed by atoms with Crippen LogP contribution in [-0.4, -0.2) is 102 Å². The molecule has 6 heterocycles. The van der Waals surface area contributed by atoms with Gasteiger partial charge in [-0.25, -0.2) is 28.8 Å². The van der Waals surface area contributed by atoms with E-state index in [0.29, 0.717) is 0 Å². The molecule has 0 aromatic carbocycles. The Bertz CT molecular complexity index is 1980. The van der Waals surface area contributed by atoms with Crippen molar-refractivity contribution in [2.75, 3.05) is 0 Å². The number of carbonyl (C=O) groups is 6. The molecule has 4 unspecified atom stereocenters. The lowest BCUT2D eigenvalue weighted by Gasteiger charge is -2.47. The van der Waals surface area contributed by atoms with E-state index in [1.165, 1.54) is 147 Å². The van der Waals surface area contributed by atoms with Crippen LogP contribution in [0.25, 0.3) is 0 Å². The molecule has 1 saturated carbocycles. The molecule has 0 radical (unpaired) electrons. The molecule has 300 valence electrons. The molecule has 1 fully saturated rings. The zero-order valence-electron chi connectivity index (χ0n) is 30.9. The molecule has 0 bridgehead atoms. The maximum absolute atomic E-state index is 14.0. The summed E-state index contributed by atoms with van der Waals surface area (Å²) in [5.41, 5.74) is -0.583. The Kier molecular flexibility index (Phi) is 12.5. The van der Waals surface area contributed by atoms with Gasteiger partial charge in [-0.3, -0.25) is 29.9 Å². The Morgan fingerprint density at radius 3 is 0.700 bits per heavy atom. The van der Waals surface area contributed by atoms with Gasteiger partial charge in [0, 0.05) is 74.4 Å². The molecule has 4 atom stereocenters. The summed E-state index contributed by atoms with van der Waals surface area (Å²) in [6, 6.07) is 16.7. The lowest BCUT2D eigenvalue weighted by molar-refractivity contribution is -0.223. The molecular formula is C42H30N6O12. The Hall–Kier alpha value is -8.28. The van der Waals surface area contributed by atoms with Crippen molar-refractivity contribution in [2.24, 2.45) is 0 Å². The highest BCUT2D eigenvalue weighted by molar-refractivity contribution is 5.93. The second kappa shape index (κ2) is 18.8. The highest BCUT2D eigenvalue weighted by atomic mass is 16.7. The van der Waals surface area contributed by atoms with E-state index in [-0.39, 0.29) is 33.4 Å². The fraction of sp³-hybridized carbons (Fsp3) is 0.143. The van der Waals surface area contributed by atoms with Crippen LogP contribution in [0.1, 0.15) is 62.1 Å². The second-order valence-corrected chi connectivity index (χ2v) is 12.7. The molecule has 1 aliphatic carbocycles. The van der Waals surface area contributed by atoms with Crippen LogP contribution < -0.4 is 0 Å². The van der Waals surface area contributed by atoms with Crippen molar-refractivity contribution in [2.45, 2.75) is 36.6 Å². The third kappa shape index (κ3) is 9.46. The summed E-state index contributed by atoms with van der Waals surface area (Å²) in [5.74, 6) is -6.48. The number of rotatable bonds is 12. The van der Waals surface area contributed by atoms with E-state index in [1.807, 2.05) is 0 Å². The van der Waals surface area contributed by atoms with Crippen LogP contribution in [0.5, 0.6) is 0 Å². The Labute approximate surface area is 339 Å². The van der Waals surface area contributed by atoms with Crippen molar-refractivity contribution < 1.29 is 57.2 Å². The summed E-state index contributed by atoms with van der Waals surface area (Å²) in [6.45, 7) is 0. The fourth-order valence-electron chi connectivity index (χ4n) is 5.98. The number of hydrogen-bond acceptors (Lipinski definition) is 18. The summed E-state index contributed by atoms with van der Waals surface area (Å²) in [6.07, 6.45) is 3.57. The van der Waals surface area contributed by atoms with Gasteiger partial charge in [-0.1, -0.05) is 0 Å². The first-order valence-electron chi connectivity index (χ1n) is 17.9. The molecular weight excluding hydrogens is 780 g/mol. The molecule has 18 nitrogen and oxygen atoms in total. The number of aromatic nitrogens is 6. The van der Waals surface area contributed by atoms with Crippen molar-refractivity contribution in [1.82, 2.24) is 29.9 Å². The molecule has 0 aliphatic heterocycles. The van der Waals surface area contributed by atoms with E-state index in [0.717, 1.165) is 0 Å². The minimum absolute atomic E-state index is 0.0578. The zero-order valence-corrected chi connectivity index (χ0v) is 30.9. The first-order valence-corrected chi connectivity index (χ1v) is 17.9. The van der Waals surface area contributed by atoms with Crippen molar-refractivity contribution in [3.63, 3.8) is 0 Å². The van der Waals surface area contributed by atoms with Crippen molar-refractivity contribution in [3.8, 4) is 0 Å². The van der Waals surface area contributed by atoms with E-state index < -0.39 is 72.4 Å². The van der Waals surface area contributed by atoms with Crippen LogP contribution in [0.4, 0.5) is 0 Å². The summed E-state index contributed by atoms with van der Waals surface area (Å²) >= 11 is 0. The number of pyridine rings is 6. The van der Waals surface area contributed by atoms with Gasteiger partial charge in [-0.05, 0) is 72.8 Å². The molecule has 0 spiro atoms. The van der Waals surface area contributed by atoms with Crippen molar-refractivity contribution in [3.05, 3.63) is 181 Å².